The SMILES string of the molecule is COc1ccc(CN(C(=O)CCc2ccc(Cl)cc2)C2CCS(=O)(=O)C2)cc1. The van der Waals surface area contributed by atoms with E-state index in [4.69, 9.17) is 16.3 Å². The largest absolute Gasteiger partial charge is 0.497 e. The minimum absolute atomic E-state index is 0.0344. The quantitative estimate of drug-likeness (QED) is 0.686. The molecule has 5 nitrogen and oxygen atoms in total. The molecule has 28 heavy (non-hydrogen) atoms. The average Bonchev–Trinajstić information content (AvgIpc) is 3.05. The predicted octanol–water partition coefficient (Wildman–Crippen LogP) is 3.50. The zero-order chi connectivity index (χ0) is 20.1. The highest BCUT2D eigenvalue weighted by Crippen LogP contribution is 2.23. The fourth-order valence-corrected chi connectivity index (χ4v) is 5.27. The van der Waals surface area contributed by atoms with Gasteiger partial charge in [-0.15, -0.1) is 0 Å². The van der Waals surface area contributed by atoms with Crippen LogP contribution in [0.15, 0.2) is 48.5 Å². The summed E-state index contributed by atoms with van der Waals surface area (Å²) in [4.78, 5) is 14.7. The number of hydrogen-bond acceptors (Lipinski definition) is 4. The number of nitrogens with zero attached hydrogens (tertiary/aromatic N) is 1. The molecule has 1 heterocycles. The number of aryl methyl sites for hydroxylation is 1. The van der Waals surface area contributed by atoms with Gasteiger partial charge < -0.3 is 9.64 Å². The molecule has 0 aromatic heterocycles. The maximum atomic E-state index is 13.0. The first kappa shape index (κ1) is 20.7. The third-order valence-electron chi connectivity index (χ3n) is 5.02. The van der Waals surface area contributed by atoms with Crippen molar-refractivity contribution in [3.63, 3.8) is 0 Å². The lowest BCUT2D eigenvalue weighted by Crippen LogP contribution is -2.40. The lowest BCUT2D eigenvalue weighted by atomic mass is 10.1. The molecule has 0 spiro atoms. The summed E-state index contributed by atoms with van der Waals surface area (Å²) in [6.45, 7) is 0.392. The fraction of sp³-hybridized carbons (Fsp3) is 0.381. The fourth-order valence-electron chi connectivity index (χ4n) is 3.42. The van der Waals surface area contributed by atoms with Gasteiger partial charge in [0.15, 0.2) is 9.84 Å². The Hall–Kier alpha value is -2.05. The third-order valence-corrected chi connectivity index (χ3v) is 7.02. The Bertz CT molecular complexity index is 910. The van der Waals surface area contributed by atoms with Crippen molar-refractivity contribution in [3.8, 4) is 5.75 Å². The van der Waals surface area contributed by atoms with E-state index in [1.165, 1.54) is 0 Å². The second-order valence-corrected chi connectivity index (χ2v) is 9.72. The van der Waals surface area contributed by atoms with Gasteiger partial charge in [-0.1, -0.05) is 35.9 Å². The van der Waals surface area contributed by atoms with E-state index in [1.807, 2.05) is 36.4 Å². The summed E-state index contributed by atoms with van der Waals surface area (Å²) in [5, 5.41) is 0.660. The van der Waals surface area contributed by atoms with Crippen molar-refractivity contribution in [3.05, 3.63) is 64.7 Å². The Labute approximate surface area is 171 Å². The van der Waals surface area contributed by atoms with Crippen LogP contribution in [0.25, 0.3) is 0 Å². The Balaban J connectivity index is 1.72. The number of ether oxygens (including phenoxy) is 1. The van der Waals surface area contributed by atoms with E-state index < -0.39 is 9.84 Å². The standard InChI is InChI=1S/C21H24ClNO4S/c1-27-20-9-4-17(5-10-20)14-23(19-12-13-28(25,26)15-19)21(24)11-6-16-2-7-18(22)8-3-16/h2-5,7-10,19H,6,11-15H2,1H3. The molecule has 1 aliphatic heterocycles. The number of halogens is 1. The van der Waals surface area contributed by atoms with Crippen molar-refractivity contribution in [2.24, 2.45) is 0 Å². The maximum absolute atomic E-state index is 13.0. The van der Waals surface area contributed by atoms with Crippen LogP contribution in [0.1, 0.15) is 24.0 Å². The summed E-state index contributed by atoms with van der Waals surface area (Å²) in [6.07, 6.45) is 1.41. The number of carbonyl (C=O) groups is 1. The summed E-state index contributed by atoms with van der Waals surface area (Å²) >= 11 is 5.91. The van der Waals surface area contributed by atoms with Crippen molar-refractivity contribution in [2.75, 3.05) is 18.6 Å². The van der Waals surface area contributed by atoms with Gasteiger partial charge in [0.2, 0.25) is 5.91 Å². The van der Waals surface area contributed by atoms with Crippen LogP contribution in [0, 0.1) is 0 Å². The molecule has 1 saturated heterocycles. The Morgan fingerprint density at radius 2 is 1.75 bits per heavy atom. The molecular formula is C21H24ClNO4S. The van der Waals surface area contributed by atoms with Gasteiger partial charge in [0.05, 0.1) is 18.6 Å². The molecule has 1 amide bonds. The number of benzene rings is 2. The molecule has 2 aromatic rings. The van der Waals surface area contributed by atoms with Gasteiger partial charge in [0, 0.05) is 24.0 Å². The summed E-state index contributed by atoms with van der Waals surface area (Å²) in [5.74, 6) is 0.887. The topological polar surface area (TPSA) is 63.7 Å². The van der Waals surface area contributed by atoms with Gasteiger partial charge in [0.25, 0.3) is 0 Å². The summed E-state index contributed by atoms with van der Waals surface area (Å²) in [6, 6.07) is 14.6. The van der Waals surface area contributed by atoms with Crippen molar-refractivity contribution in [1.82, 2.24) is 4.90 Å². The normalized spacial score (nSPS) is 18.0. The van der Waals surface area contributed by atoms with E-state index in [2.05, 4.69) is 0 Å². The van der Waals surface area contributed by atoms with Gasteiger partial charge in [-0.3, -0.25) is 4.79 Å². The van der Waals surface area contributed by atoms with Crippen LogP contribution >= 0.6 is 11.6 Å². The highest BCUT2D eigenvalue weighted by Gasteiger charge is 2.34. The van der Waals surface area contributed by atoms with E-state index in [9.17, 15) is 13.2 Å². The first-order valence-corrected chi connectivity index (χ1v) is 11.4. The van der Waals surface area contributed by atoms with Crippen molar-refractivity contribution in [2.45, 2.75) is 31.8 Å². The second-order valence-electron chi connectivity index (χ2n) is 7.05. The first-order chi connectivity index (χ1) is 13.4. The minimum Gasteiger partial charge on any atom is -0.497 e. The molecular weight excluding hydrogens is 398 g/mol. The molecule has 1 atom stereocenters. The van der Waals surface area contributed by atoms with Crippen molar-refractivity contribution < 1.29 is 17.9 Å². The van der Waals surface area contributed by atoms with Gasteiger partial charge in [-0.05, 0) is 48.2 Å². The van der Waals surface area contributed by atoms with Crippen LogP contribution in [0.5, 0.6) is 5.75 Å². The number of hydrogen-bond donors (Lipinski definition) is 0. The molecule has 0 radical (unpaired) electrons. The van der Waals surface area contributed by atoms with Crippen LogP contribution < -0.4 is 4.74 Å². The highest BCUT2D eigenvalue weighted by atomic mass is 35.5. The minimum atomic E-state index is -3.08. The van der Waals surface area contributed by atoms with Gasteiger partial charge >= 0.3 is 0 Å². The van der Waals surface area contributed by atoms with Crippen LogP contribution in [0.4, 0.5) is 0 Å². The zero-order valence-corrected chi connectivity index (χ0v) is 17.4. The highest BCUT2D eigenvalue weighted by molar-refractivity contribution is 7.91. The van der Waals surface area contributed by atoms with Gasteiger partial charge in [-0.2, -0.15) is 0 Å². The predicted molar refractivity (Wildman–Crippen MR) is 110 cm³/mol. The molecule has 1 unspecified atom stereocenters. The number of methoxy groups -OCH3 is 1. The van der Waals surface area contributed by atoms with Crippen molar-refractivity contribution in [1.29, 1.82) is 0 Å². The smallest absolute Gasteiger partial charge is 0.223 e. The Morgan fingerprint density at radius 1 is 1.11 bits per heavy atom. The lowest BCUT2D eigenvalue weighted by molar-refractivity contribution is -0.133. The van der Waals surface area contributed by atoms with E-state index in [0.717, 1.165) is 16.9 Å². The third kappa shape index (κ3) is 5.49. The van der Waals surface area contributed by atoms with E-state index in [-0.39, 0.29) is 23.5 Å². The number of rotatable bonds is 7. The summed E-state index contributed by atoms with van der Waals surface area (Å²) < 4.78 is 29.1. The lowest BCUT2D eigenvalue weighted by Gasteiger charge is -2.28. The molecule has 0 bridgehead atoms. The zero-order valence-electron chi connectivity index (χ0n) is 15.8. The number of amides is 1. The molecule has 3 rings (SSSR count). The molecule has 150 valence electrons. The molecule has 0 saturated carbocycles. The van der Waals surface area contributed by atoms with Crippen LogP contribution in [-0.2, 0) is 27.6 Å². The number of sulfone groups is 1. The van der Waals surface area contributed by atoms with Gasteiger partial charge in [0.1, 0.15) is 5.75 Å². The van der Waals surface area contributed by atoms with Gasteiger partial charge in [-0.25, -0.2) is 8.42 Å². The molecule has 0 N–H and O–H groups in total. The molecule has 2 aromatic carbocycles. The molecule has 0 aliphatic carbocycles. The number of carbonyl (C=O) groups excluding carboxylic acids is 1. The van der Waals surface area contributed by atoms with Crippen LogP contribution in [0.3, 0.4) is 0 Å². The first-order valence-electron chi connectivity index (χ1n) is 9.23. The molecule has 7 heteroatoms. The summed E-state index contributed by atoms with van der Waals surface area (Å²) in [5.41, 5.74) is 1.98. The molecule has 1 aliphatic rings. The van der Waals surface area contributed by atoms with Crippen LogP contribution in [0.2, 0.25) is 5.02 Å². The van der Waals surface area contributed by atoms with E-state index >= 15 is 0 Å². The monoisotopic (exact) mass is 421 g/mol. The van der Waals surface area contributed by atoms with E-state index in [1.54, 1.807) is 24.1 Å². The van der Waals surface area contributed by atoms with Crippen molar-refractivity contribution >= 4 is 27.3 Å². The Kier molecular flexibility index (Phi) is 6.62. The maximum Gasteiger partial charge on any atom is 0.223 e. The van der Waals surface area contributed by atoms with Crippen LogP contribution in [-0.4, -0.2) is 43.9 Å². The second kappa shape index (κ2) is 8.97. The van der Waals surface area contributed by atoms with E-state index in [0.29, 0.717) is 30.8 Å². The summed E-state index contributed by atoms with van der Waals surface area (Å²) in [7, 11) is -1.48. The molecule has 1 fully saturated rings. The Morgan fingerprint density at radius 3 is 2.32 bits per heavy atom. The average molecular weight is 422 g/mol.